The van der Waals surface area contributed by atoms with Crippen molar-refractivity contribution in [1.82, 2.24) is 10.2 Å². The van der Waals surface area contributed by atoms with Crippen molar-refractivity contribution < 1.29 is 22.7 Å². The molecule has 196 valence electrons. The van der Waals surface area contributed by atoms with Gasteiger partial charge in [0.25, 0.3) is 0 Å². The van der Waals surface area contributed by atoms with Crippen molar-refractivity contribution in [1.29, 1.82) is 0 Å². The van der Waals surface area contributed by atoms with Gasteiger partial charge >= 0.3 is 0 Å². The van der Waals surface area contributed by atoms with Crippen molar-refractivity contribution in [3.63, 3.8) is 0 Å². The topological polar surface area (TPSA) is 96.0 Å². The third kappa shape index (κ3) is 7.13. The number of sulfonamides is 1. The highest BCUT2D eigenvalue weighted by atomic mass is 35.5. The van der Waals surface area contributed by atoms with Gasteiger partial charge in [0.1, 0.15) is 18.3 Å². The van der Waals surface area contributed by atoms with Crippen LogP contribution in [0, 0.1) is 0 Å². The molecule has 1 N–H and O–H groups in total. The summed E-state index contributed by atoms with van der Waals surface area (Å²) >= 11 is 6.14. The van der Waals surface area contributed by atoms with Crippen LogP contribution in [0.25, 0.3) is 0 Å². The lowest BCUT2D eigenvalue weighted by Crippen LogP contribution is -2.53. The normalized spacial score (nSPS) is 14.8. The predicted molar refractivity (Wildman–Crippen MR) is 142 cm³/mol. The fraction of sp³-hybridized carbons (Fsp3) is 0.462. The zero-order valence-corrected chi connectivity index (χ0v) is 22.5. The van der Waals surface area contributed by atoms with Crippen LogP contribution in [0.15, 0.2) is 48.5 Å². The Hall–Kier alpha value is -2.78. The van der Waals surface area contributed by atoms with Crippen molar-refractivity contribution >= 4 is 39.1 Å². The van der Waals surface area contributed by atoms with Crippen LogP contribution in [-0.2, 0) is 26.2 Å². The molecule has 0 spiro atoms. The number of nitrogens with one attached hydrogen (secondary N) is 1. The lowest BCUT2D eigenvalue weighted by Gasteiger charge is -2.33. The number of anilines is 1. The maximum absolute atomic E-state index is 13.8. The van der Waals surface area contributed by atoms with Gasteiger partial charge in [-0.3, -0.25) is 13.9 Å². The molecule has 1 fully saturated rings. The van der Waals surface area contributed by atoms with Crippen molar-refractivity contribution in [2.75, 3.05) is 24.2 Å². The highest BCUT2D eigenvalue weighted by Crippen LogP contribution is 2.33. The van der Waals surface area contributed by atoms with Gasteiger partial charge in [-0.05, 0) is 43.0 Å². The number of benzene rings is 2. The third-order valence-electron chi connectivity index (χ3n) is 6.37. The van der Waals surface area contributed by atoms with Crippen LogP contribution in [0.3, 0.4) is 0 Å². The van der Waals surface area contributed by atoms with E-state index in [0.717, 1.165) is 41.8 Å². The highest BCUT2D eigenvalue weighted by Gasteiger charge is 2.33. The molecular weight excluding hydrogens is 502 g/mol. The van der Waals surface area contributed by atoms with E-state index in [2.05, 4.69) is 5.32 Å². The molecule has 10 heteroatoms. The van der Waals surface area contributed by atoms with E-state index >= 15 is 0 Å². The second kappa shape index (κ2) is 12.5. The Bertz CT molecular complexity index is 1150. The molecule has 3 rings (SSSR count). The van der Waals surface area contributed by atoms with E-state index < -0.39 is 28.5 Å². The summed E-state index contributed by atoms with van der Waals surface area (Å²) in [5, 5.41) is 3.39. The summed E-state index contributed by atoms with van der Waals surface area (Å²) in [5.74, 6) is -0.460. The van der Waals surface area contributed by atoms with E-state index in [1.165, 1.54) is 18.1 Å². The maximum Gasteiger partial charge on any atom is 0.244 e. The van der Waals surface area contributed by atoms with Crippen LogP contribution < -0.4 is 14.4 Å². The maximum atomic E-state index is 13.8. The lowest BCUT2D eigenvalue weighted by atomic mass is 10.1. The van der Waals surface area contributed by atoms with Crippen LogP contribution in [-0.4, -0.2) is 57.1 Å². The summed E-state index contributed by atoms with van der Waals surface area (Å²) < 4.78 is 31.9. The number of ether oxygens (including phenoxy) is 1. The number of hydrogen-bond donors (Lipinski definition) is 1. The Morgan fingerprint density at radius 3 is 2.39 bits per heavy atom. The number of carbonyl (C=O) groups is 2. The van der Waals surface area contributed by atoms with Crippen molar-refractivity contribution in [3.05, 3.63) is 59.1 Å². The van der Waals surface area contributed by atoms with E-state index in [4.69, 9.17) is 16.3 Å². The smallest absolute Gasteiger partial charge is 0.244 e. The lowest BCUT2D eigenvalue weighted by molar-refractivity contribution is -0.140. The largest absolute Gasteiger partial charge is 0.495 e. The van der Waals surface area contributed by atoms with Gasteiger partial charge in [0.05, 0.1) is 19.1 Å². The average Bonchev–Trinajstić information content (AvgIpc) is 3.35. The Morgan fingerprint density at radius 2 is 1.81 bits per heavy atom. The first kappa shape index (κ1) is 27.8. The molecule has 8 nitrogen and oxygen atoms in total. The van der Waals surface area contributed by atoms with Crippen molar-refractivity contribution in [2.24, 2.45) is 0 Å². The van der Waals surface area contributed by atoms with Crippen LogP contribution in [0.1, 0.15) is 44.6 Å². The number of halogens is 1. The molecule has 0 aromatic heterocycles. The zero-order chi connectivity index (χ0) is 26.3. The van der Waals surface area contributed by atoms with E-state index in [9.17, 15) is 18.0 Å². The minimum absolute atomic E-state index is 0.100. The molecule has 36 heavy (non-hydrogen) atoms. The van der Waals surface area contributed by atoms with Gasteiger partial charge in [-0.15, -0.1) is 0 Å². The molecule has 2 aromatic carbocycles. The molecule has 0 radical (unpaired) electrons. The molecule has 2 amide bonds. The number of amides is 2. The molecule has 0 saturated heterocycles. The molecule has 1 aliphatic rings. The second-order valence-corrected chi connectivity index (χ2v) is 11.4. The predicted octanol–water partition coefficient (Wildman–Crippen LogP) is 3.98. The van der Waals surface area contributed by atoms with Gasteiger partial charge < -0.3 is 15.0 Å². The first-order valence-corrected chi connectivity index (χ1v) is 14.3. The molecule has 0 unspecified atom stereocenters. The van der Waals surface area contributed by atoms with Crippen LogP contribution in [0.5, 0.6) is 5.75 Å². The highest BCUT2D eigenvalue weighted by molar-refractivity contribution is 7.92. The third-order valence-corrected chi connectivity index (χ3v) is 7.73. The first-order chi connectivity index (χ1) is 17.1. The molecule has 1 aliphatic carbocycles. The monoisotopic (exact) mass is 535 g/mol. The molecule has 1 saturated carbocycles. The summed E-state index contributed by atoms with van der Waals surface area (Å²) in [6.07, 6.45) is 5.39. The number of nitrogens with zero attached hydrogens (tertiary/aromatic N) is 2. The van der Waals surface area contributed by atoms with Gasteiger partial charge in [-0.1, -0.05) is 61.7 Å². The van der Waals surface area contributed by atoms with Gasteiger partial charge in [0.2, 0.25) is 21.8 Å². The number of methoxy groups -OCH3 is 1. The summed E-state index contributed by atoms with van der Waals surface area (Å²) in [7, 11) is -2.48. The van der Waals surface area contributed by atoms with Crippen molar-refractivity contribution in [3.8, 4) is 5.75 Å². The van der Waals surface area contributed by atoms with E-state index in [0.29, 0.717) is 11.4 Å². The molecule has 0 bridgehead atoms. The van der Waals surface area contributed by atoms with Gasteiger partial charge in [-0.2, -0.15) is 0 Å². The molecular formula is C26H34ClN3O5S. The second-order valence-electron chi connectivity index (χ2n) is 9.01. The average molecular weight is 536 g/mol. The molecule has 1 atom stereocenters. The van der Waals surface area contributed by atoms with E-state index in [1.807, 2.05) is 37.3 Å². The number of rotatable bonds is 11. The van der Waals surface area contributed by atoms with Gasteiger partial charge in [-0.25, -0.2) is 8.42 Å². The molecule has 0 heterocycles. The fourth-order valence-corrected chi connectivity index (χ4v) is 5.53. The number of hydrogen-bond acceptors (Lipinski definition) is 5. The Kier molecular flexibility index (Phi) is 9.62. The van der Waals surface area contributed by atoms with E-state index in [-0.39, 0.29) is 29.9 Å². The summed E-state index contributed by atoms with van der Waals surface area (Å²) in [6, 6.07) is 13.3. The number of carbonyl (C=O) groups excluding carboxylic acids is 2. The first-order valence-electron chi connectivity index (χ1n) is 12.1. The van der Waals surface area contributed by atoms with Gasteiger partial charge in [0, 0.05) is 17.6 Å². The van der Waals surface area contributed by atoms with Crippen LogP contribution in [0.4, 0.5) is 5.69 Å². The van der Waals surface area contributed by atoms with Gasteiger partial charge in [0.15, 0.2) is 0 Å². The summed E-state index contributed by atoms with van der Waals surface area (Å²) in [5.41, 5.74) is 0.994. The standard InChI is InChI=1S/C26H34ClN3O5S/c1-4-22(26(32)28-21-12-8-9-13-21)29(17-19-10-6-5-7-11-19)25(31)18-30(36(3,33)34)23-16-20(27)14-15-24(23)35-2/h5-7,10-11,14-16,21-22H,4,8-9,12-13,17-18H2,1-3H3,(H,28,32)/t22-/m1/s1. The SMILES string of the molecule is CC[C@H](C(=O)NC1CCCC1)N(Cc1ccccc1)C(=O)CN(c1cc(Cl)ccc1OC)S(C)(=O)=O. The minimum atomic E-state index is -3.89. The van der Waals surface area contributed by atoms with Crippen molar-refractivity contribution in [2.45, 2.75) is 57.7 Å². The summed E-state index contributed by atoms with van der Waals surface area (Å²) in [6.45, 7) is 1.51. The summed E-state index contributed by atoms with van der Waals surface area (Å²) in [4.78, 5) is 28.5. The quantitative estimate of drug-likeness (QED) is 0.469. The van der Waals surface area contributed by atoms with Crippen LogP contribution >= 0.6 is 11.6 Å². The minimum Gasteiger partial charge on any atom is -0.495 e. The zero-order valence-electron chi connectivity index (χ0n) is 20.9. The molecule has 0 aliphatic heterocycles. The van der Waals surface area contributed by atoms with E-state index in [1.54, 1.807) is 12.1 Å². The Morgan fingerprint density at radius 1 is 1.14 bits per heavy atom. The fourth-order valence-electron chi connectivity index (χ4n) is 4.52. The molecule has 2 aromatic rings. The Balaban J connectivity index is 1.95. The van der Waals surface area contributed by atoms with Crippen LogP contribution in [0.2, 0.25) is 5.02 Å². The Labute approximate surface area is 218 Å².